The van der Waals surface area contributed by atoms with Gasteiger partial charge < -0.3 is 0 Å². The number of carbonyl (C=O) groups excluding carboxylic acids is 2. The Morgan fingerprint density at radius 3 is 2.08 bits per heavy atom. The van der Waals surface area contributed by atoms with E-state index >= 15 is 0 Å². The number of carbonyl (C=O) groups is 2. The average molecular weight is 393 g/mol. The number of nitrogens with zero attached hydrogens (tertiary/aromatic N) is 1. The fourth-order valence-electron chi connectivity index (χ4n) is 2.44. The quantitative estimate of drug-likeness (QED) is 0.580. The summed E-state index contributed by atoms with van der Waals surface area (Å²) in [5, 5.41) is 0. The topological polar surface area (TPSA) is 37.4 Å². The van der Waals surface area contributed by atoms with E-state index in [1.807, 2.05) is 0 Å². The zero-order valence-corrected chi connectivity index (χ0v) is 14.6. The zero-order valence-electron chi connectivity index (χ0n) is 12.2. The minimum atomic E-state index is -4.44. The normalized spacial score (nSPS) is 14.6. The van der Waals surface area contributed by atoms with Gasteiger partial charge in [0.05, 0.1) is 0 Å². The summed E-state index contributed by atoms with van der Waals surface area (Å²) in [4.78, 5) is 25.3. The molecule has 0 aliphatic carbocycles. The van der Waals surface area contributed by atoms with Crippen LogP contribution in [0.25, 0.3) is 6.08 Å². The molecule has 0 N–H and O–H groups in total. The molecule has 122 valence electrons. The molecule has 3 nitrogen and oxygen atoms in total. The Kier molecular flexibility index (Phi) is 4.09. The monoisotopic (exact) mass is 393 g/mol. The van der Waals surface area contributed by atoms with Gasteiger partial charge in [-0.3, -0.25) is 0 Å². The Labute approximate surface area is 144 Å². The Morgan fingerprint density at radius 2 is 1.54 bits per heavy atom. The summed E-state index contributed by atoms with van der Waals surface area (Å²) in [7, 11) is 0. The van der Waals surface area contributed by atoms with Crippen molar-refractivity contribution in [3.05, 3.63) is 70.9 Å². The van der Waals surface area contributed by atoms with Crippen LogP contribution in [0.5, 0.6) is 0 Å². The molecule has 1 heterocycles. The molecule has 24 heavy (non-hydrogen) atoms. The summed E-state index contributed by atoms with van der Waals surface area (Å²) in [5.41, 5.74) is 0.0959. The van der Waals surface area contributed by atoms with Crippen molar-refractivity contribution in [2.24, 2.45) is 0 Å². The summed E-state index contributed by atoms with van der Waals surface area (Å²) in [6.07, 6.45) is -1.90. The molecule has 0 fully saturated rings. The molecule has 0 bridgehead atoms. The maximum absolute atomic E-state index is 12.9. The number of rotatable bonds is 2. The number of imide groups is 1. The van der Waals surface area contributed by atoms with Crippen LogP contribution in [-0.4, -0.2) is 33.6 Å². The Bertz CT molecular complexity index is 839. The van der Waals surface area contributed by atoms with Gasteiger partial charge in [-0.2, -0.15) is 0 Å². The molecule has 1 unspecified atom stereocenters. The number of hydrogen-bond acceptors (Lipinski definition) is 2. The molecule has 3 rings (SSSR count). The van der Waals surface area contributed by atoms with Crippen molar-refractivity contribution in [3.8, 4) is 0 Å². The van der Waals surface area contributed by atoms with E-state index in [0.717, 1.165) is 33.9 Å². The van der Waals surface area contributed by atoms with Gasteiger partial charge in [-0.15, -0.1) is 0 Å². The Morgan fingerprint density at radius 1 is 0.958 bits per heavy atom. The van der Waals surface area contributed by atoms with Crippen LogP contribution in [-0.2, 0) is 6.18 Å². The number of halogens is 3. The van der Waals surface area contributed by atoms with Crippen LogP contribution in [0.3, 0.4) is 0 Å². The minimum absolute atomic E-state index is 0.278. The van der Waals surface area contributed by atoms with Crippen molar-refractivity contribution in [2.75, 3.05) is 0 Å². The van der Waals surface area contributed by atoms with Gasteiger partial charge in [-0.05, 0) is 0 Å². The number of amides is 2. The van der Waals surface area contributed by atoms with E-state index in [1.54, 1.807) is 30.3 Å². The summed E-state index contributed by atoms with van der Waals surface area (Å²) in [6, 6.07) is 10.0. The van der Waals surface area contributed by atoms with Gasteiger partial charge in [0.25, 0.3) is 0 Å². The van der Waals surface area contributed by atoms with Crippen molar-refractivity contribution >= 4 is 39.1 Å². The first kappa shape index (κ1) is 16.5. The van der Waals surface area contributed by atoms with E-state index in [-0.39, 0.29) is 16.7 Å². The molecular weight excluding hydrogens is 382 g/mol. The van der Waals surface area contributed by atoms with Gasteiger partial charge in [-0.25, -0.2) is 0 Å². The third kappa shape index (κ3) is 3.02. The molecule has 2 amide bonds. The molecule has 0 spiro atoms. The second-order valence-corrected chi connectivity index (χ2v) is 6.63. The molecular formula is C17H11AsF3NO2. The van der Waals surface area contributed by atoms with Crippen LogP contribution >= 0.6 is 0 Å². The van der Waals surface area contributed by atoms with Crippen molar-refractivity contribution in [3.63, 3.8) is 0 Å². The van der Waals surface area contributed by atoms with E-state index < -0.39 is 23.6 Å². The summed E-state index contributed by atoms with van der Waals surface area (Å²) >= 11 is 1.06. The third-order valence-corrected chi connectivity index (χ3v) is 4.25. The van der Waals surface area contributed by atoms with Crippen molar-refractivity contribution in [1.82, 2.24) is 4.90 Å². The fraction of sp³-hybridized carbons (Fsp3) is 0.0588. The zero-order chi connectivity index (χ0) is 17.5. The van der Waals surface area contributed by atoms with Crippen LogP contribution in [0.15, 0.2) is 48.7 Å². The van der Waals surface area contributed by atoms with Crippen molar-refractivity contribution in [1.29, 1.82) is 0 Å². The van der Waals surface area contributed by atoms with Gasteiger partial charge in [0.1, 0.15) is 0 Å². The first-order valence-corrected chi connectivity index (χ1v) is 8.11. The van der Waals surface area contributed by atoms with Gasteiger partial charge in [0.2, 0.25) is 0 Å². The second-order valence-electron chi connectivity index (χ2n) is 5.23. The molecule has 0 aromatic heterocycles. The maximum atomic E-state index is 12.9. The Balaban J connectivity index is 1.92. The SMILES string of the molecule is O=C1c2ccccc2C(=O)N1C=Cc1cc([AsH2])cc(C(F)(F)F)c1. The van der Waals surface area contributed by atoms with E-state index in [9.17, 15) is 22.8 Å². The number of hydrogen-bond donors (Lipinski definition) is 0. The standard InChI is InChI=1S/C17H11AsF3NO2/c18-12-8-10(7-11(9-12)17(19,20)21)5-6-22-15(23)13-3-1-2-4-14(13)16(22)24/h1-9H,18H2. The number of benzene rings is 2. The van der Waals surface area contributed by atoms with Gasteiger partial charge in [0.15, 0.2) is 0 Å². The van der Waals surface area contributed by atoms with Crippen molar-refractivity contribution in [2.45, 2.75) is 6.18 Å². The molecule has 1 atom stereocenters. The number of alkyl halides is 3. The van der Waals surface area contributed by atoms with Gasteiger partial charge >= 0.3 is 144 Å². The second kappa shape index (κ2) is 5.95. The van der Waals surface area contributed by atoms with Crippen LogP contribution in [0.4, 0.5) is 13.2 Å². The van der Waals surface area contributed by atoms with Crippen LogP contribution in [0.1, 0.15) is 31.8 Å². The van der Waals surface area contributed by atoms with E-state index in [1.165, 1.54) is 12.3 Å². The first-order chi connectivity index (χ1) is 11.3. The molecule has 1 aliphatic heterocycles. The average Bonchev–Trinajstić information content (AvgIpc) is 2.76. The predicted octanol–water partition coefficient (Wildman–Crippen LogP) is 2.23. The van der Waals surface area contributed by atoms with Crippen molar-refractivity contribution < 1.29 is 22.8 Å². The molecule has 0 saturated heterocycles. The Hall–Kier alpha value is -2.33. The van der Waals surface area contributed by atoms with Gasteiger partial charge in [-0.1, -0.05) is 0 Å². The summed E-state index contributed by atoms with van der Waals surface area (Å²) < 4.78 is 39.1. The molecule has 2 aromatic rings. The van der Waals surface area contributed by atoms with E-state index in [0.29, 0.717) is 4.35 Å². The molecule has 0 saturated carbocycles. The van der Waals surface area contributed by atoms with Crippen LogP contribution < -0.4 is 4.35 Å². The number of fused-ring (bicyclic) bond motifs is 1. The first-order valence-electron chi connectivity index (χ1n) is 6.90. The van der Waals surface area contributed by atoms with E-state index in [4.69, 9.17) is 0 Å². The predicted molar refractivity (Wildman–Crippen MR) is 85.6 cm³/mol. The van der Waals surface area contributed by atoms with Crippen LogP contribution in [0, 0.1) is 0 Å². The summed E-state index contributed by atoms with van der Waals surface area (Å²) in [5.74, 6) is -0.973. The molecule has 1 aliphatic rings. The molecule has 7 heteroatoms. The third-order valence-electron chi connectivity index (χ3n) is 3.55. The van der Waals surface area contributed by atoms with Gasteiger partial charge in [0, 0.05) is 0 Å². The summed E-state index contributed by atoms with van der Waals surface area (Å²) in [6.45, 7) is 0. The van der Waals surface area contributed by atoms with E-state index in [2.05, 4.69) is 0 Å². The molecule has 2 aromatic carbocycles. The van der Waals surface area contributed by atoms with Crippen LogP contribution in [0.2, 0.25) is 0 Å². The fourth-order valence-corrected chi connectivity index (χ4v) is 3.22. The molecule has 0 radical (unpaired) electrons.